The van der Waals surface area contributed by atoms with Gasteiger partial charge in [-0.05, 0) is 48.0 Å². The van der Waals surface area contributed by atoms with Crippen LogP contribution in [-0.2, 0) is 11.0 Å². The van der Waals surface area contributed by atoms with Crippen LogP contribution in [0.15, 0.2) is 79.1 Å². The largest absolute Gasteiger partial charge is 0.457 e. The van der Waals surface area contributed by atoms with Gasteiger partial charge in [0.05, 0.1) is 11.8 Å². The van der Waals surface area contributed by atoms with Crippen LogP contribution in [0.3, 0.4) is 0 Å². The Morgan fingerprint density at radius 3 is 2.53 bits per heavy atom. The molecule has 4 aromatic rings. The number of halogens is 3. The summed E-state index contributed by atoms with van der Waals surface area (Å²) in [6.45, 7) is 0. The summed E-state index contributed by atoms with van der Waals surface area (Å²) in [5.74, 6) is 0.0192. The van der Waals surface area contributed by atoms with Crippen LogP contribution in [-0.4, -0.2) is 26.8 Å². The molecule has 4 N–H and O–H groups in total. The lowest BCUT2D eigenvalue weighted by Gasteiger charge is -2.09. The van der Waals surface area contributed by atoms with E-state index in [0.717, 1.165) is 12.1 Å². The Balaban J connectivity index is 1.43. The van der Waals surface area contributed by atoms with Gasteiger partial charge in [-0.3, -0.25) is 14.6 Å². The second kappa shape index (κ2) is 10.1. The third-order valence-corrected chi connectivity index (χ3v) is 4.79. The van der Waals surface area contributed by atoms with Gasteiger partial charge < -0.3 is 20.8 Å². The molecule has 0 saturated heterocycles. The first-order chi connectivity index (χ1) is 17.2. The van der Waals surface area contributed by atoms with Gasteiger partial charge in [0.15, 0.2) is 5.82 Å². The Labute approximate surface area is 202 Å². The quantitative estimate of drug-likeness (QED) is 0.312. The highest BCUT2D eigenvalue weighted by molar-refractivity contribution is 6.02. The van der Waals surface area contributed by atoms with Gasteiger partial charge in [-0.25, -0.2) is 4.98 Å². The molecule has 2 heterocycles. The minimum atomic E-state index is -4.50. The number of pyridine rings is 1. The molecule has 36 heavy (non-hydrogen) atoms. The molecule has 8 nitrogen and oxygen atoms in total. The minimum Gasteiger partial charge on any atom is -0.457 e. The zero-order valence-corrected chi connectivity index (χ0v) is 18.4. The van der Waals surface area contributed by atoms with Crippen LogP contribution >= 0.6 is 0 Å². The average Bonchev–Trinajstić information content (AvgIpc) is 3.34. The number of aromatic amines is 1. The fourth-order valence-corrected chi connectivity index (χ4v) is 3.13. The SMILES string of the molecule is NC(=O)c1cnc(-c2cc(Oc3cccc(C=CC(=O)Nc4cccc(C(F)(F)F)c4)c3)ccn2)[nH]1. The van der Waals surface area contributed by atoms with E-state index in [1.165, 1.54) is 36.7 Å². The molecule has 0 fully saturated rings. The number of benzene rings is 2. The van der Waals surface area contributed by atoms with Crippen molar-refractivity contribution in [2.75, 3.05) is 5.32 Å². The number of rotatable bonds is 7. The molecule has 0 atom stereocenters. The maximum atomic E-state index is 12.8. The van der Waals surface area contributed by atoms with E-state index in [9.17, 15) is 22.8 Å². The van der Waals surface area contributed by atoms with Crippen molar-refractivity contribution in [1.82, 2.24) is 15.0 Å². The number of alkyl halides is 3. The van der Waals surface area contributed by atoms with Crippen LogP contribution in [0.2, 0.25) is 0 Å². The van der Waals surface area contributed by atoms with Gasteiger partial charge in [0.1, 0.15) is 22.9 Å². The van der Waals surface area contributed by atoms with Crippen LogP contribution in [0.4, 0.5) is 18.9 Å². The molecule has 2 amide bonds. The summed E-state index contributed by atoms with van der Waals surface area (Å²) in [5.41, 5.74) is 5.61. The predicted octanol–water partition coefficient (Wildman–Crippen LogP) is 5.03. The van der Waals surface area contributed by atoms with E-state index in [0.29, 0.717) is 28.6 Å². The van der Waals surface area contributed by atoms with Gasteiger partial charge in [-0.15, -0.1) is 0 Å². The van der Waals surface area contributed by atoms with E-state index in [-0.39, 0.29) is 11.4 Å². The van der Waals surface area contributed by atoms with Crippen LogP contribution in [0.1, 0.15) is 21.6 Å². The summed E-state index contributed by atoms with van der Waals surface area (Å²) < 4.78 is 44.4. The van der Waals surface area contributed by atoms with Crippen molar-refractivity contribution in [2.45, 2.75) is 6.18 Å². The van der Waals surface area contributed by atoms with E-state index in [1.807, 2.05) is 0 Å². The molecular formula is C25H18F3N5O3. The first-order valence-corrected chi connectivity index (χ1v) is 10.4. The number of primary amides is 1. The lowest BCUT2D eigenvalue weighted by molar-refractivity contribution is -0.137. The first-order valence-electron chi connectivity index (χ1n) is 10.4. The smallest absolute Gasteiger partial charge is 0.416 e. The van der Waals surface area contributed by atoms with E-state index in [2.05, 4.69) is 20.3 Å². The summed E-state index contributed by atoms with van der Waals surface area (Å²) in [6.07, 6.45) is 1.03. The average molecular weight is 493 g/mol. The maximum absolute atomic E-state index is 12.8. The predicted molar refractivity (Wildman–Crippen MR) is 126 cm³/mol. The molecule has 0 spiro atoms. The normalized spacial score (nSPS) is 11.4. The van der Waals surface area contributed by atoms with E-state index >= 15 is 0 Å². The molecule has 0 saturated carbocycles. The number of imidazole rings is 1. The first kappa shape index (κ1) is 24.2. The maximum Gasteiger partial charge on any atom is 0.416 e. The van der Waals surface area contributed by atoms with Crippen molar-refractivity contribution in [1.29, 1.82) is 0 Å². The highest BCUT2D eigenvalue weighted by Gasteiger charge is 2.30. The Hall–Kier alpha value is -4.93. The number of nitrogens with two attached hydrogens (primary N) is 1. The molecule has 0 aliphatic rings. The molecule has 2 aromatic heterocycles. The molecule has 182 valence electrons. The van der Waals surface area contributed by atoms with Crippen molar-refractivity contribution in [2.24, 2.45) is 5.73 Å². The van der Waals surface area contributed by atoms with Gasteiger partial charge in [-0.2, -0.15) is 13.2 Å². The van der Waals surface area contributed by atoms with E-state index in [4.69, 9.17) is 10.5 Å². The Morgan fingerprint density at radius 1 is 1.00 bits per heavy atom. The zero-order valence-electron chi connectivity index (χ0n) is 18.4. The number of H-pyrrole nitrogens is 1. The van der Waals surface area contributed by atoms with Crippen molar-refractivity contribution in [3.63, 3.8) is 0 Å². The third kappa shape index (κ3) is 6.14. The lowest BCUT2D eigenvalue weighted by Crippen LogP contribution is -2.11. The number of hydrogen-bond acceptors (Lipinski definition) is 5. The second-order valence-electron chi connectivity index (χ2n) is 7.46. The number of carbonyl (C=O) groups excluding carboxylic acids is 2. The Morgan fingerprint density at radius 2 is 1.78 bits per heavy atom. The number of anilines is 1. The van der Waals surface area contributed by atoms with Crippen LogP contribution in [0, 0.1) is 0 Å². The molecule has 0 radical (unpaired) electrons. The molecule has 0 aliphatic heterocycles. The van der Waals surface area contributed by atoms with Gasteiger partial charge in [0.2, 0.25) is 5.91 Å². The molecule has 11 heteroatoms. The number of hydrogen-bond donors (Lipinski definition) is 3. The second-order valence-corrected chi connectivity index (χ2v) is 7.46. The van der Waals surface area contributed by atoms with Gasteiger partial charge in [-0.1, -0.05) is 18.2 Å². The van der Waals surface area contributed by atoms with Crippen molar-refractivity contribution in [3.05, 3.63) is 96.0 Å². The van der Waals surface area contributed by atoms with Gasteiger partial charge >= 0.3 is 6.18 Å². The lowest BCUT2D eigenvalue weighted by atomic mass is 10.2. The van der Waals surface area contributed by atoms with Crippen molar-refractivity contribution < 1.29 is 27.5 Å². The number of nitrogens with one attached hydrogen (secondary N) is 2. The summed E-state index contributed by atoms with van der Waals surface area (Å²) in [6, 6.07) is 14.5. The minimum absolute atomic E-state index is 0.0320. The Bertz CT molecular complexity index is 1450. The monoisotopic (exact) mass is 493 g/mol. The highest BCUT2D eigenvalue weighted by atomic mass is 19.4. The number of amides is 2. The zero-order chi connectivity index (χ0) is 25.7. The summed E-state index contributed by atoms with van der Waals surface area (Å²) in [5, 5.41) is 2.41. The standard InChI is InChI=1S/C25H18F3N5O3/c26-25(27,28)16-4-2-5-17(12-16)32-22(34)8-7-15-3-1-6-18(11-15)36-19-9-10-30-20(13-19)24-31-14-21(33-24)23(29)35/h1-14H,(H2,29,35)(H,31,33)(H,32,34). The number of nitrogens with zero attached hydrogens (tertiary/aromatic N) is 2. The Kier molecular flexibility index (Phi) is 6.81. The van der Waals surface area contributed by atoms with E-state index in [1.54, 1.807) is 36.4 Å². The summed E-state index contributed by atoms with van der Waals surface area (Å²) in [7, 11) is 0. The fraction of sp³-hybridized carbons (Fsp3) is 0.0400. The number of carbonyl (C=O) groups is 2. The van der Waals surface area contributed by atoms with Gasteiger partial charge in [0, 0.05) is 24.0 Å². The number of ether oxygens (including phenoxy) is 1. The van der Waals surface area contributed by atoms with Crippen LogP contribution < -0.4 is 15.8 Å². The highest BCUT2D eigenvalue weighted by Crippen LogP contribution is 2.30. The topological polar surface area (TPSA) is 123 Å². The summed E-state index contributed by atoms with van der Waals surface area (Å²) >= 11 is 0. The fourth-order valence-electron chi connectivity index (χ4n) is 3.13. The van der Waals surface area contributed by atoms with Gasteiger partial charge in [0.25, 0.3) is 5.91 Å². The van der Waals surface area contributed by atoms with E-state index < -0.39 is 23.6 Å². The third-order valence-electron chi connectivity index (χ3n) is 4.79. The molecular weight excluding hydrogens is 475 g/mol. The summed E-state index contributed by atoms with van der Waals surface area (Å²) in [4.78, 5) is 34.5. The molecule has 0 aliphatic carbocycles. The molecule has 0 bridgehead atoms. The molecule has 0 unspecified atom stereocenters. The van der Waals surface area contributed by atoms with Crippen LogP contribution in [0.25, 0.3) is 17.6 Å². The number of aromatic nitrogens is 3. The molecule has 2 aromatic carbocycles. The van der Waals surface area contributed by atoms with Crippen molar-refractivity contribution in [3.8, 4) is 23.0 Å². The van der Waals surface area contributed by atoms with Crippen molar-refractivity contribution >= 4 is 23.6 Å². The molecule has 4 rings (SSSR count). The van der Waals surface area contributed by atoms with Crippen LogP contribution in [0.5, 0.6) is 11.5 Å².